The van der Waals surface area contributed by atoms with E-state index in [2.05, 4.69) is 49.8 Å². The molecule has 1 rings (SSSR count). The zero-order valence-corrected chi connectivity index (χ0v) is 11.7. The molecule has 0 aliphatic heterocycles. The molecule has 0 aromatic heterocycles. The van der Waals surface area contributed by atoms with Gasteiger partial charge in [0, 0.05) is 9.79 Å². The van der Waals surface area contributed by atoms with Crippen molar-refractivity contribution in [2.75, 3.05) is 12.5 Å². The Morgan fingerprint density at radius 2 is 1.94 bits per heavy atom. The lowest BCUT2D eigenvalue weighted by Gasteiger charge is -2.05. The van der Waals surface area contributed by atoms with Crippen LogP contribution in [0, 0.1) is 6.92 Å². The molecule has 16 heavy (non-hydrogen) atoms. The Balaban J connectivity index is 2.71. The molecule has 2 heteroatoms. The molecule has 0 fully saturated rings. The third kappa shape index (κ3) is 4.26. The Kier molecular flexibility index (Phi) is 6.74. The second-order valence-corrected chi connectivity index (χ2v) is 5.21. The quantitative estimate of drug-likeness (QED) is 0.506. The number of rotatable bonds is 6. The molecule has 0 saturated carbocycles. The maximum Gasteiger partial charge on any atom is 0.0211 e. The van der Waals surface area contributed by atoms with E-state index >= 15 is 0 Å². The first kappa shape index (κ1) is 13.7. The molecule has 0 heterocycles. The third-order valence-corrected chi connectivity index (χ3v) is 4.04. The van der Waals surface area contributed by atoms with Crippen LogP contribution in [-0.4, -0.2) is 12.5 Å². The highest BCUT2D eigenvalue weighted by atomic mass is 32.2. The summed E-state index contributed by atoms with van der Waals surface area (Å²) in [6.07, 6.45) is 12.0. The summed E-state index contributed by atoms with van der Waals surface area (Å²) in [5.41, 5.74) is 1.30. The van der Waals surface area contributed by atoms with Crippen molar-refractivity contribution in [3.63, 3.8) is 0 Å². The van der Waals surface area contributed by atoms with Gasteiger partial charge >= 0.3 is 0 Å². The van der Waals surface area contributed by atoms with Crippen molar-refractivity contribution in [1.29, 1.82) is 0 Å². The van der Waals surface area contributed by atoms with E-state index in [0.29, 0.717) is 0 Å². The first-order chi connectivity index (χ1) is 7.81. The minimum Gasteiger partial charge on any atom is -0.128 e. The molecule has 1 radical (unpaired) electrons. The number of thioether (sulfide) groups is 2. The number of unbranched alkanes of at least 4 members (excludes halogenated alkanes) is 2. The summed E-state index contributed by atoms with van der Waals surface area (Å²) in [5, 5.41) is 0. The topological polar surface area (TPSA) is 0 Å². The van der Waals surface area contributed by atoms with Crippen LogP contribution in [-0.2, 0) is 0 Å². The summed E-state index contributed by atoms with van der Waals surface area (Å²) in [6, 6.07) is 6.65. The van der Waals surface area contributed by atoms with Crippen molar-refractivity contribution in [1.82, 2.24) is 0 Å². The first-order valence-corrected chi connectivity index (χ1v) is 7.94. The second-order valence-electron chi connectivity index (χ2n) is 3.51. The van der Waals surface area contributed by atoms with E-state index < -0.39 is 0 Å². The van der Waals surface area contributed by atoms with Gasteiger partial charge in [0.25, 0.3) is 0 Å². The highest BCUT2D eigenvalue weighted by Gasteiger charge is 2.00. The van der Waals surface area contributed by atoms with Gasteiger partial charge < -0.3 is 0 Å². The van der Waals surface area contributed by atoms with E-state index in [1.54, 1.807) is 0 Å². The van der Waals surface area contributed by atoms with Gasteiger partial charge in [-0.1, -0.05) is 31.6 Å². The predicted molar refractivity (Wildman–Crippen MR) is 78.2 cm³/mol. The number of hydrogen-bond acceptors (Lipinski definition) is 2. The van der Waals surface area contributed by atoms with Crippen molar-refractivity contribution in [2.45, 2.75) is 29.1 Å². The van der Waals surface area contributed by atoms with Gasteiger partial charge in [0.15, 0.2) is 0 Å². The zero-order chi connectivity index (χ0) is 11.8. The van der Waals surface area contributed by atoms with Crippen molar-refractivity contribution < 1.29 is 0 Å². The van der Waals surface area contributed by atoms with Gasteiger partial charge in [-0.3, -0.25) is 0 Å². The SMILES string of the molecule is [CH2]CCC/C=C/c1ccc(SC)c(SC)c1. The summed E-state index contributed by atoms with van der Waals surface area (Å²) >= 11 is 3.62. The van der Waals surface area contributed by atoms with Gasteiger partial charge in [0.05, 0.1) is 0 Å². The third-order valence-electron chi connectivity index (χ3n) is 2.34. The van der Waals surface area contributed by atoms with E-state index in [1.807, 2.05) is 23.5 Å². The Labute approximate surface area is 108 Å². The van der Waals surface area contributed by atoms with Crippen LogP contribution in [0.5, 0.6) is 0 Å². The van der Waals surface area contributed by atoms with Gasteiger partial charge in [-0.25, -0.2) is 0 Å². The van der Waals surface area contributed by atoms with Gasteiger partial charge in [-0.05, 0) is 43.0 Å². The van der Waals surface area contributed by atoms with Crippen molar-refractivity contribution >= 4 is 29.6 Å². The van der Waals surface area contributed by atoms with Crippen LogP contribution in [0.2, 0.25) is 0 Å². The van der Waals surface area contributed by atoms with E-state index in [4.69, 9.17) is 0 Å². The average molecular weight is 251 g/mol. The molecule has 1 aromatic carbocycles. The van der Waals surface area contributed by atoms with E-state index in [9.17, 15) is 0 Å². The summed E-state index contributed by atoms with van der Waals surface area (Å²) in [7, 11) is 0. The molecule has 0 atom stereocenters. The molecule has 0 aliphatic rings. The molecule has 0 aliphatic carbocycles. The lowest BCUT2D eigenvalue weighted by molar-refractivity contribution is 0.868. The highest BCUT2D eigenvalue weighted by Crippen LogP contribution is 2.29. The lowest BCUT2D eigenvalue weighted by atomic mass is 10.2. The lowest BCUT2D eigenvalue weighted by Crippen LogP contribution is -1.79. The smallest absolute Gasteiger partial charge is 0.0211 e. The van der Waals surface area contributed by atoms with E-state index in [-0.39, 0.29) is 0 Å². The fourth-order valence-electron chi connectivity index (χ4n) is 1.44. The molecule has 0 nitrogen and oxygen atoms in total. The minimum absolute atomic E-state index is 1.02. The zero-order valence-electron chi connectivity index (χ0n) is 10.0. The molecule has 0 unspecified atom stereocenters. The normalized spacial score (nSPS) is 11.2. The highest BCUT2D eigenvalue weighted by molar-refractivity contribution is 8.01. The largest absolute Gasteiger partial charge is 0.128 e. The summed E-state index contributed by atoms with van der Waals surface area (Å²) < 4.78 is 0. The number of hydrogen-bond donors (Lipinski definition) is 0. The molecule has 0 N–H and O–H groups in total. The molecule has 1 aromatic rings. The predicted octanol–water partition coefficient (Wildman–Crippen LogP) is 5.15. The van der Waals surface area contributed by atoms with Gasteiger partial charge in [-0.15, -0.1) is 23.5 Å². The minimum atomic E-state index is 1.02. The molecule has 0 spiro atoms. The molecule has 87 valence electrons. The van der Waals surface area contributed by atoms with Crippen LogP contribution < -0.4 is 0 Å². The van der Waals surface area contributed by atoms with Crippen LogP contribution >= 0.6 is 23.5 Å². The van der Waals surface area contributed by atoms with Crippen LogP contribution in [0.3, 0.4) is 0 Å². The van der Waals surface area contributed by atoms with Crippen molar-refractivity contribution in [3.05, 3.63) is 36.8 Å². The summed E-state index contributed by atoms with van der Waals surface area (Å²) in [4.78, 5) is 2.73. The fraction of sp³-hybridized carbons (Fsp3) is 0.357. The molecule has 0 amide bonds. The van der Waals surface area contributed by atoms with E-state index in [0.717, 1.165) is 12.8 Å². The van der Waals surface area contributed by atoms with Crippen LogP contribution in [0.15, 0.2) is 34.1 Å². The maximum absolute atomic E-state index is 3.84. The summed E-state index contributed by atoms with van der Waals surface area (Å²) in [5.74, 6) is 0. The van der Waals surface area contributed by atoms with Crippen molar-refractivity contribution in [2.24, 2.45) is 0 Å². The number of benzene rings is 1. The first-order valence-electron chi connectivity index (χ1n) is 5.49. The monoisotopic (exact) mass is 251 g/mol. The summed E-state index contributed by atoms with van der Waals surface area (Å²) in [6.45, 7) is 3.84. The molecule has 0 bridgehead atoms. The molecule has 0 saturated heterocycles. The van der Waals surface area contributed by atoms with Gasteiger partial charge in [0.2, 0.25) is 0 Å². The van der Waals surface area contributed by atoms with Crippen LogP contribution in [0.25, 0.3) is 6.08 Å². The number of allylic oxidation sites excluding steroid dienone is 1. The van der Waals surface area contributed by atoms with Crippen LogP contribution in [0.1, 0.15) is 24.8 Å². The van der Waals surface area contributed by atoms with E-state index in [1.165, 1.54) is 21.8 Å². The Morgan fingerprint density at radius 1 is 1.19 bits per heavy atom. The average Bonchev–Trinajstić information content (AvgIpc) is 2.34. The van der Waals surface area contributed by atoms with Gasteiger partial charge in [-0.2, -0.15) is 0 Å². The van der Waals surface area contributed by atoms with Crippen molar-refractivity contribution in [3.8, 4) is 0 Å². The molecular formula is C14H19S2. The fourth-order valence-corrected chi connectivity index (χ4v) is 2.93. The standard InChI is InChI=1S/C14H19S2/c1-4-5-6-7-8-12-9-10-13(15-2)14(11-12)16-3/h7-11H,1,4-6H2,2-3H3/b8-7+. The Bertz CT molecular complexity index is 343. The Morgan fingerprint density at radius 3 is 2.56 bits per heavy atom. The second kappa shape index (κ2) is 7.86. The van der Waals surface area contributed by atoms with Gasteiger partial charge in [0.1, 0.15) is 0 Å². The van der Waals surface area contributed by atoms with Crippen LogP contribution in [0.4, 0.5) is 0 Å². The Hall–Kier alpha value is -0.340. The maximum atomic E-state index is 3.84. The molecular weight excluding hydrogens is 232 g/mol.